The molecule has 18 heavy (non-hydrogen) atoms. The topological polar surface area (TPSA) is 136 Å². The molecule has 0 saturated carbocycles. The monoisotopic (exact) mass is 259 g/mol. The molecule has 0 radical (unpaired) electrons. The Kier molecular flexibility index (Phi) is 4.62. The summed E-state index contributed by atoms with van der Waals surface area (Å²) in [4.78, 5) is 34.7. The van der Waals surface area contributed by atoms with Crippen LogP contribution >= 0.6 is 0 Å². The molecule has 8 heteroatoms. The number of hydrogen-bond donors (Lipinski definition) is 3. The molecular weight excluding hydrogens is 242 g/mol. The first kappa shape index (κ1) is 14.4. The molecule has 3 atom stereocenters. The highest BCUT2D eigenvalue weighted by atomic mass is 16.5. The molecule has 1 rings (SSSR count). The molecule has 5 N–H and O–H groups in total. The van der Waals surface area contributed by atoms with Crippen LogP contribution in [0, 0.1) is 5.92 Å². The van der Waals surface area contributed by atoms with E-state index >= 15 is 0 Å². The number of carboxylic acid groups (broad SMARTS) is 1. The highest BCUT2D eigenvalue weighted by molar-refractivity contribution is 5.88. The number of likely N-dealkylation sites (N-methyl/N-ethyl adjacent to an activating group) is 1. The van der Waals surface area contributed by atoms with Gasteiger partial charge in [0.25, 0.3) is 0 Å². The largest absolute Gasteiger partial charge is 0.481 e. The lowest BCUT2D eigenvalue weighted by Crippen LogP contribution is -2.51. The molecule has 2 amide bonds. The second-order valence-corrected chi connectivity index (χ2v) is 4.28. The van der Waals surface area contributed by atoms with E-state index in [0.717, 1.165) is 0 Å². The highest BCUT2D eigenvalue weighted by Gasteiger charge is 2.39. The van der Waals surface area contributed by atoms with E-state index in [1.165, 1.54) is 11.9 Å². The van der Waals surface area contributed by atoms with Gasteiger partial charge in [-0.3, -0.25) is 14.4 Å². The van der Waals surface area contributed by atoms with Gasteiger partial charge in [-0.05, 0) is 0 Å². The number of carbonyl (C=O) groups excluding carboxylic acids is 2. The van der Waals surface area contributed by atoms with Crippen molar-refractivity contribution in [3.05, 3.63) is 0 Å². The van der Waals surface area contributed by atoms with Crippen LogP contribution in [0.3, 0.4) is 0 Å². The van der Waals surface area contributed by atoms with Gasteiger partial charge in [-0.1, -0.05) is 0 Å². The van der Waals surface area contributed by atoms with Crippen molar-refractivity contribution in [2.24, 2.45) is 17.4 Å². The summed E-state index contributed by atoms with van der Waals surface area (Å²) in [6, 6.07) is -1.63. The van der Waals surface area contributed by atoms with Crippen molar-refractivity contribution in [3.63, 3.8) is 0 Å². The summed E-state index contributed by atoms with van der Waals surface area (Å²) in [6.45, 7) is 0.200. The minimum atomic E-state index is -1.05. The van der Waals surface area contributed by atoms with Crippen molar-refractivity contribution in [2.75, 3.05) is 20.3 Å². The van der Waals surface area contributed by atoms with E-state index in [1.54, 1.807) is 0 Å². The van der Waals surface area contributed by atoms with Gasteiger partial charge in [-0.2, -0.15) is 0 Å². The van der Waals surface area contributed by atoms with Crippen molar-refractivity contribution in [1.82, 2.24) is 4.90 Å². The molecule has 1 fully saturated rings. The number of carbonyl (C=O) groups is 3. The fourth-order valence-electron chi connectivity index (χ4n) is 1.89. The van der Waals surface area contributed by atoms with Crippen molar-refractivity contribution < 1.29 is 24.2 Å². The molecule has 0 aromatic heterocycles. The molecule has 0 spiro atoms. The lowest BCUT2D eigenvalue weighted by Gasteiger charge is -2.28. The quantitative estimate of drug-likeness (QED) is 0.510. The molecular formula is C10H17N3O5. The molecule has 8 nitrogen and oxygen atoms in total. The fourth-order valence-corrected chi connectivity index (χ4v) is 1.89. The van der Waals surface area contributed by atoms with Crippen molar-refractivity contribution >= 4 is 17.8 Å². The van der Waals surface area contributed by atoms with E-state index in [9.17, 15) is 14.4 Å². The van der Waals surface area contributed by atoms with Gasteiger partial charge in [0.05, 0.1) is 31.7 Å². The van der Waals surface area contributed by atoms with E-state index in [4.69, 9.17) is 21.3 Å². The van der Waals surface area contributed by atoms with E-state index in [0.29, 0.717) is 0 Å². The van der Waals surface area contributed by atoms with Crippen molar-refractivity contribution in [1.29, 1.82) is 0 Å². The SMILES string of the molecule is CN(C(=O)C(N)CC(N)=O)C1COCC1C(=O)O. The van der Waals surface area contributed by atoms with Gasteiger partial charge >= 0.3 is 5.97 Å². The van der Waals surface area contributed by atoms with Crippen LogP contribution in [0.5, 0.6) is 0 Å². The second kappa shape index (κ2) is 5.78. The standard InChI is InChI=1S/C10H17N3O5/c1-13(9(15)6(11)2-8(12)14)7-4-18-3-5(7)10(16)17/h5-7H,2-4,11H2,1H3,(H2,12,14)(H,16,17). The molecule has 3 unspecified atom stereocenters. The second-order valence-electron chi connectivity index (χ2n) is 4.28. The predicted octanol–water partition coefficient (Wildman–Crippen LogP) is -2.25. The third-order valence-corrected chi connectivity index (χ3v) is 2.95. The predicted molar refractivity (Wildman–Crippen MR) is 60.3 cm³/mol. The Morgan fingerprint density at radius 1 is 1.44 bits per heavy atom. The number of ether oxygens (including phenoxy) is 1. The summed E-state index contributed by atoms with van der Waals surface area (Å²) < 4.78 is 5.06. The van der Waals surface area contributed by atoms with E-state index in [2.05, 4.69) is 0 Å². The Balaban J connectivity index is 2.68. The maximum atomic E-state index is 11.9. The van der Waals surface area contributed by atoms with Gasteiger partial charge in [0.15, 0.2) is 0 Å². The summed E-state index contributed by atoms with van der Waals surface area (Å²) in [5, 5.41) is 8.98. The number of carboxylic acids is 1. The summed E-state index contributed by atoms with van der Waals surface area (Å²) in [5.41, 5.74) is 10.5. The van der Waals surface area contributed by atoms with E-state index in [1.807, 2.05) is 0 Å². The first-order chi connectivity index (χ1) is 8.34. The molecule has 1 saturated heterocycles. The molecule has 0 aromatic rings. The molecule has 1 aliphatic heterocycles. The fraction of sp³-hybridized carbons (Fsp3) is 0.700. The normalized spacial score (nSPS) is 24.6. The molecule has 1 aliphatic rings. The average molecular weight is 259 g/mol. The third kappa shape index (κ3) is 3.17. The minimum absolute atomic E-state index is 0.0582. The number of nitrogens with zero attached hydrogens (tertiary/aromatic N) is 1. The summed E-state index contributed by atoms with van der Waals surface area (Å²) >= 11 is 0. The molecule has 0 aromatic carbocycles. The van der Waals surface area contributed by atoms with Gasteiger partial charge in [0.2, 0.25) is 11.8 Å². The molecule has 0 aliphatic carbocycles. The highest BCUT2D eigenvalue weighted by Crippen LogP contribution is 2.19. The Labute approximate surface area is 104 Å². The zero-order chi connectivity index (χ0) is 13.9. The Hall–Kier alpha value is -1.67. The van der Waals surface area contributed by atoms with E-state index in [-0.39, 0.29) is 19.6 Å². The van der Waals surface area contributed by atoms with Crippen molar-refractivity contribution in [2.45, 2.75) is 18.5 Å². The number of amides is 2. The summed E-state index contributed by atoms with van der Waals surface area (Å²) in [5.74, 6) is -3.00. The smallest absolute Gasteiger partial charge is 0.311 e. The van der Waals surface area contributed by atoms with Crippen LogP contribution in [0.1, 0.15) is 6.42 Å². The minimum Gasteiger partial charge on any atom is -0.481 e. The Morgan fingerprint density at radius 3 is 2.56 bits per heavy atom. The van der Waals surface area contributed by atoms with Crippen LogP contribution in [0.25, 0.3) is 0 Å². The first-order valence-electron chi connectivity index (χ1n) is 5.45. The van der Waals surface area contributed by atoms with Gasteiger partial charge in [0.1, 0.15) is 5.92 Å². The Morgan fingerprint density at radius 2 is 2.06 bits per heavy atom. The number of hydrogen-bond acceptors (Lipinski definition) is 5. The van der Waals surface area contributed by atoms with E-state index < -0.39 is 35.8 Å². The molecule has 1 heterocycles. The molecule has 102 valence electrons. The van der Waals surface area contributed by atoms with Gasteiger partial charge in [-0.15, -0.1) is 0 Å². The summed E-state index contributed by atoms with van der Waals surface area (Å²) in [6.07, 6.45) is -0.269. The number of nitrogens with two attached hydrogens (primary N) is 2. The maximum absolute atomic E-state index is 11.9. The number of primary amides is 1. The van der Waals surface area contributed by atoms with Crippen LogP contribution < -0.4 is 11.5 Å². The summed E-state index contributed by atoms with van der Waals surface area (Å²) in [7, 11) is 1.44. The molecule has 0 bridgehead atoms. The lowest BCUT2D eigenvalue weighted by atomic mass is 10.0. The Bertz CT molecular complexity index is 359. The number of rotatable bonds is 5. The zero-order valence-electron chi connectivity index (χ0n) is 10.0. The van der Waals surface area contributed by atoms with Crippen LogP contribution in [-0.4, -0.2) is 60.1 Å². The lowest BCUT2D eigenvalue weighted by molar-refractivity contribution is -0.145. The maximum Gasteiger partial charge on any atom is 0.311 e. The first-order valence-corrected chi connectivity index (χ1v) is 5.45. The van der Waals surface area contributed by atoms with Crippen molar-refractivity contribution in [3.8, 4) is 0 Å². The van der Waals surface area contributed by atoms with Crippen LogP contribution in [0.4, 0.5) is 0 Å². The number of aliphatic carboxylic acids is 1. The van der Waals surface area contributed by atoms with Gasteiger partial charge in [0, 0.05) is 7.05 Å². The van der Waals surface area contributed by atoms with Crippen LogP contribution in [0.2, 0.25) is 0 Å². The average Bonchev–Trinajstić information content (AvgIpc) is 2.74. The van der Waals surface area contributed by atoms with Crippen LogP contribution in [0.15, 0.2) is 0 Å². The zero-order valence-corrected chi connectivity index (χ0v) is 10.0. The third-order valence-electron chi connectivity index (χ3n) is 2.95. The van der Waals surface area contributed by atoms with Gasteiger partial charge < -0.3 is 26.2 Å². The van der Waals surface area contributed by atoms with Crippen LogP contribution in [-0.2, 0) is 19.1 Å². The van der Waals surface area contributed by atoms with Gasteiger partial charge in [-0.25, -0.2) is 0 Å².